The van der Waals surface area contributed by atoms with Crippen molar-refractivity contribution in [1.29, 1.82) is 0 Å². The monoisotopic (exact) mass is 304 g/mol. The molecule has 0 amide bonds. The van der Waals surface area contributed by atoms with E-state index in [1.54, 1.807) is 12.3 Å². The Hall–Kier alpha value is -2.27. The largest absolute Gasteiger partial charge is 0.409 e. The number of benzene rings is 1. The lowest BCUT2D eigenvalue weighted by atomic mass is 10.1. The van der Waals surface area contributed by atoms with Crippen molar-refractivity contribution in [2.75, 3.05) is 18.5 Å². The summed E-state index contributed by atoms with van der Waals surface area (Å²) in [6.07, 6.45) is 2.47. The number of likely N-dealkylation sites (N-methyl/N-ethyl adjacent to an activating group) is 1. The minimum Gasteiger partial charge on any atom is -0.409 e. The van der Waals surface area contributed by atoms with E-state index in [-0.39, 0.29) is 5.84 Å². The molecule has 0 aliphatic heterocycles. The first-order valence-electron chi connectivity index (χ1n) is 6.51. The van der Waals surface area contributed by atoms with Gasteiger partial charge in [-0.3, -0.25) is 0 Å². The molecule has 0 unspecified atom stereocenters. The lowest BCUT2D eigenvalue weighted by Gasteiger charge is -2.20. The first-order valence-corrected chi connectivity index (χ1v) is 6.88. The van der Waals surface area contributed by atoms with Gasteiger partial charge in [0.15, 0.2) is 5.84 Å². The van der Waals surface area contributed by atoms with E-state index >= 15 is 0 Å². The molecule has 0 atom stereocenters. The Bertz CT molecular complexity index is 631. The van der Waals surface area contributed by atoms with Crippen molar-refractivity contribution in [3.63, 3.8) is 0 Å². The molecular formula is C15H17ClN4O. The minimum atomic E-state index is -0.0277. The highest BCUT2D eigenvalue weighted by atomic mass is 35.5. The van der Waals surface area contributed by atoms with Crippen LogP contribution >= 0.6 is 11.6 Å². The van der Waals surface area contributed by atoms with Crippen LogP contribution in [0.2, 0.25) is 5.02 Å². The zero-order valence-corrected chi connectivity index (χ0v) is 12.5. The van der Waals surface area contributed by atoms with Gasteiger partial charge in [0.25, 0.3) is 0 Å². The van der Waals surface area contributed by atoms with Gasteiger partial charge in [0.1, 0.15) is 5.82 Å². The van der Waals surface area contributed by atoms with Gasteiger partial charge in [-0.25, -0.2) is 4.98 Å². The summed E-state index contributed by atoms with van der Waals surface area (Å²) in [6, 6.07) is 11.8. The third kappa shape index (κ3) is 3.64. The number of hydrogen-bond donors (Lipinski definition) is 2. The van der Waals surface area contributed by atoms with Gasteiger partial charge in [0.2, 0.25) is 0 Å². The molecule has 2 aromatic rings. The molecule has 1 heterocycles. The Morgan fingerprint density at radius 2 is 2.05 bits per heavy atom. The Labute approximate surface area is 128 Å². The van der Waals surface area contributed by atoms with Crippen LogP contribution in [0.5, 0.6) is 0 Å². The molecule has 6 heteroatoms. The normalized spacial score (nSPS) is 11.4. The maximum Gasteiger partial charge on any atom is 0.171 e. The van der Waals surface area contributed by atoms with Crippen LogP contribution in [0.4, 0.5) is 5.82 Å². The van der Waals surface area contributed by atoms with Gasteiger partial charge in [0, 0.05) is 25.4 Å². The van der Waals surface area contributed by atoms with Crippen LogP contribution in [0.25, 0.3) is 0 Å². The van der Waals surface area contributed by atoms with Crippen LogP contribution in [0.1, 0.15) is 11.1 Å². The third-order valence-corrected chi connectivity index (χ3v) is 3.57. The van der Waals surface area contributed by atoms with Gasteiger partial charge < -0.3 is 15.8 Å². The smallest absolute Gasteiger partial charge is 0.171 e. The van der Waals surface area contributed by atoms with Crippen molar-refractivity contribution < 1.29 is 5.21 Å². The Morgan fingerprint density at radius 1 is 1.33 bits per heavy atom. The van der Waals surface area contributed by atoms with Crippen LogP contribution in [-0.4, -0.2) is 29.6 Å². The van der Waals surface area contributed by atoms with E-state index in [0.29, 0.717) is 16.4 Å². The highest BCUT2D eigenvalue weighted by molar-refractivity contribution is 6.36. The van der Waals surface area contributed by atoms with Gasteiger partial charge in [-0.05, 0) is 18.1 Å². The molecule has 2 rings (SSSR count). The summed E-state index contributed by atoms with van der Waals surface area (Å²) < 4.78 is 0. The summed E-state index contributed by atoms with van der Waals surface area (Å²) in [5, 5.41) is 12.1. The summed E-state index contributed by atoms with van der Waals surface area (Å²) in [6.45, 7) is 0.760. The molecule has 0 fully saturated rings. The average molecular weight is 305 g/mol. The minimum absolute atomic E-state index is 0.0277. The number of hydrogen-bond acceptors (Lipinski definition) is 4. The summed E-state index contributed by atoms with van der Waals surface area (Å²) in [4.78, 5) is 6.22. The Balaban J connectivity index is 2.14. The van der Waals surface area contributed by atoms with E-state index in [9.17, 15) is 0 Å². The first-order chi connectivity index (χ1) is 10.1. The topological polar surface area (TPSA) is 74.7 Å². The molecule has 5 nitrogen and oxygen atoms in total. The first kappa shape index (κ1) is 15.1. The predicted molar refractivity (Wildman–Crippen MR) is 85.2 cm³/mol. The maximum absolute atomic E-state index is 8.76. The van der Waals surface area contributed by atoms with E-state index in [4.69, 9.17) is 22.5 Å². The number of anilines is 1. The quantitative estimate of drug-likeness (QED) is 0.385. The maximum atomic E-state index is 8.76. The molecule has 0 bridgehead atoms. The van der Waals surface area contributed by atoms with Gasteiger partial charge in [-0.2, -0.15) is 0 Å². The predicted octanol–water partition coefficient (Wildman–Crippen LogP) is 2.51. The molecule has 0 spiro atoms. The fraction of sp³-hybridized carbons (Fsp3) is 0.200. The molecule has 3 N–H and O–H groups in total. The SMILES string of the molecule is CN(CCc1ccccc1)c1nccc(/C(N)=N/O)c1Cl. The van der Waals surface area contributed by atoms with Crippen molar-refractivity contribution in [1.82, 2.24) is 4.98 Å². The number of halogens is 1. The number of amidine groups is 1. The number of rotatable bonds is 5. The summed E-state index contributed by atoms with van der Waals surface area (Å²) in [5.74, 6) is 0.580. The summed E-state index contributed by atoms with van der Waals surface area (Å²) in [5.41, 5.74) is 7.31. The van der Waals surface area contributed by atoms with Gasteiger partial charge in [-0.15, -0.1) is 0 Å². The highest BCUT2D eigenvalue weighted by Crippen LogP contribution is 2.26. The van der Waals surface area contributed by atoms with E-state index < -0.39 is 0 Å². The molecule has 0 aliphatic rings. The second-order valence-corrected chi connectivity index (χ2v) is 5.02. The molecule has 1 aromatic carbocycles. The van der Waals surface area contributed by atoms with Crippen LogP contribution < -0.4 is 10.6 Å². The van der Waals surface area contributed by atoms with E-state index in [1.165, 1.54) is 5.56 Å². The van der Waals surface area contributed by atoms with E-state index in [1.807, 2.05) is 30.1 Å². The number of aromatic nitrogens is 1. The molecule has 0 saturated heterocycles. The zero-order chi connectivity index (χ0) is 15.2. The molecule has 0 saturated carbocycles. The average Bonchev–Trinajstić information content (AvgIpc) is 2.53. The van der Waals surface area contributed by atoms with Crippen molar-refractivity contribution in [3.8, 4) is 0 Å². The lowest BCUT2D eigenvalue weighted by molar-refractivity contribution is 0.318. The van der Waals surface area contributed by atoms with Crippen molar-refractivity contribution >= 4 is 23.3 Å². The summed E-state index contributed by atoms with van der Waals surface area (Å²) >= 11 is 6.28. The molecular weight excluding hydrogens is 288 g/mol. The zero-order valence-electron chi connectivity index (χ0n) is 11.7. The molecule has 21 heavy (non-hydrogen) atoms. The van der Waals surface area contributed by atoms with E-state index in [2.05, 4.69) is 22.3 Å². The fourth-order valence-corrected chi connectivity index (χ4v) is 2.35. The lowest BCUT2D eigenvalue weighted by Crippen LogP contribution is -2.23. The number of pyridine rings is 1. The van der Waals surface area contributed by atoms with Crippen LogP contribution in [0.15, 0.2) is 47.8 Å². The second kappa shape index (κ2) is 6.95. The van der Waals surface area contributed by atoms with Crippen LogP contribution in [0.3, 0.4) is 0 Å². The van der Waals surface area contributed by atoms with Crippen molar-refractivity contribution in [2.45, 2.75) is 6.42 Å². The molecule has 0 radical (unpaired) electrons. The Morgan fingerprint density at radius 3 is 2.71 bits per heavy atom. The second-order valence-electron chi connectivity index (χ2n) is 4.64. The highest BCUT2D eigenvalue weighted by Gasteiger charge is 2.14. The van der Waals surface area contributed by atoms with Crippen LogP contribution in [0, 0.1) is 0 Å². The number of nitrogens with two attached hydrogens (primary N) is 1. The molecule has 0 aliphatic carbocycles. The van der Waals surface area contributed by atoms with Crippen molar-refractivity contribution in [3.05, 3.63) is 58.7 Å². The van der Waals surface area contributed by atoms with Gasteiger partial charge in [0.05, 0.1) is 5.02 Å². The molecule has 110 valence electrons. The third-order valence-electron chi connectivity index (χ3n) is 3.19. The molecule has 1 aromatic heterocycles. The number of nitrogens with zero attached hydrogens (tertiary/aromatic N) is 3. The van der Waals surface area contributed by atoms with Crippen molar-refractivity contribution in [2.24, 2.45) is 10.9 Å². The number of oxime groups is 1. The van der Waals surface area contributed by atoms with E-state index in [0.717, 1.165) is 13.0 Å². The standard InChI is InChI=1S/C15H17ClN4O/c1-20(10-8-11-5-3-2-4-6-11)15-13(16)12(7-9-18-15)14(17)19-21/h2-7,9,21H,8,10H2,1H3,(H2,17,19). The van der Waals surface area contributed by atoms with Gasteiger partial charge >= 0.3 is 0 Å². The fourth-order valence-electron chi connectivity index (χ4n) is 2.00. The summed E-state index contributed by atoms with van der Waals surface area (Å²) in [7, 11) is 1.91. The van der Waals surface area contributed by atoms with Gasteiger partial charge in [-0.1, -0.05) is 47.1 Å². The Kier molecular flexibility index (Phi) is 5.00. The van der Waals surface area contributed by atoms with Crippen LogP contribution in [-0.2, 0) is 6.42 Å².